The molecule has 1 saturated carbocycles. The van der Waals surface area contributed by atoms with Gasteiger partial charge in [-0.25, -0.2) is 0 Å². The first kappa shape index (κ1) is 29.3. The van der Waals surface area contributed by atoms with Gasteiger partial charge in [0, 0.05) is 0 Å². The maximum Gasteiger partial charge on any atom is -0.0320 e. The van der Waals surface area contributed by atoms with Gasteiger partial charge in [-0.2, -0.15) is 0 Å². The van der Waals surface area contributed by atoms with Gasteiger partial charge >= 0.3 is 0 Å². The molecule has 32 heavy (non-hydrogen) atoms. The van der Waals surface area contributed by atoms with Crippen LogP contribution in [-0.2, 0) is 0 Å². The molecule has 0 aromatic rings. The lowest BCUT2D eigenvalue weighted by atomic mass is 9.77. The van der Waals surface area contributed by atoms with Crippen LogP contribution in [0.1, 0.15) is 156 Å². The summed E-state index contributed by atoms with van der Waals surface area (Å²) in [5.41, 5.74) is 4.48. The summed E-state index contributed by atoms with van der Waals surface area (Å²) in [6.07, 6.45) is 31.8. The van der Waals surface area contributed by atoms with Gasteiger partial charge in [-0.1, -0.05) is 93.9 Å². The van der Waals surface area contributed by atoms with Crippen LogP contribution in [0.25, 0.3) is 0 Å². The number of hydrogen-bond donors (Lipinski definition) is 0. The van der Waals surface area contributed by atoms with Crippen molar-refractivity contribution in [3.05, 3.63) is 36.0 Å². The minimum Gasteiger partial charge on any atom is -0.100 e. The Kier molecular flexibility index (Phi) is 18.0. The fourth-order valence-corrected chi connectivity index (χ4v) is 5.46. The van der Waals surface area contributed by atoms with Crippen molar-refractivity contribution in [2.24, 2.45) is 11.8 Å². The van der Waals surface area contributed by atoms with Crippen LogP contribution in [0.3, 0.4) is 0 Å². The number of unbranched alkanes of at least 4 members (excludes halogenated alkanes) is 9. The molecule has 1 fully saturated rings. The first-order chi connectivity index (χ1) is 15.5. The molecule has 0 unspecified atom stereocenters. The molecule has 0 aromatic carbocycles. The normalized spacial score (nSPS) is 19.3. The third-order valence-electron chi connectivity index (χ3n) is 7.70. The van der Waals surface area contributed by atoms with Crippen LogP contribution >= 0.6 is 0 Å². The molecule has 1 rings (SSSR count). The lowest BCUT2D eigenvalue weighted by Crippen LogP contribution is -2.16. The molecule has 0 aromatic heterocycles. The highest BCUT2D eigenvalue weighted by molar-refractivity contribution is 5.02. The Hall–Kier alpha value is -0.780. The summed E-state index contributed by atoms with van der Waals surface area (Å²) in [5, 5.41) is 0. The van der Waals surface area contributed by atoms with Crippen molar-refractivity contribution in [3.8, 4) is 0 Å². The predicted molar refractivity (Wildman–Crippen MR) is 147 cm³/mol. The average molecular weight is 443 g/mol. The van der Waals surface area contributed by atoms with Crippen LogP contribution in [0.5, 0.6) is 0 Å². The van der Waals surface area contributed by atoms with E-state index in [-0.39, 0.29) is 0 Å². The summed E-state index contributed by atoms with van der Waals surface area (Å²) in [4.78, 5) is 0. The van der Waals surface area contributed by atoms with E-state index in [2.05, 4.69) is 40.0 Å². The molecule has 0 heteroatoms. The molecule has 2 atom stereocenters. The molecular formula is C32H58. The van der Waals surface area contributed by atoms with Crippen molar-refractivity contribution >= 4 is 0 Å². The quantitative estimate of drug-likeness (QED) is 0.130. The lowest BCUT2D eigenvalue weighted by molar-refractivity contribution is 0.238. The first-order valence-electron chi connectivity index (χ1n) is 14.5. The molecule has 1 aliphatic carbocycles. The Morgan fingerprint density at radius 1 is 0.656 bits per heavy atom. The number of allylic oxidation sites excluding steroid dienone is 4. The Labute approximate surface area is 203 Å². The van der Waals surface area contributed by atoms with Gasteiger partial charge in [0.15, 0.2) is 0 Å². The minimum absolute atomic E-state index is 0.972. The third-order valence-corrected chi connectivity index (χ3v) is 7.70. The van der Waals surface area contributed by atoms with Gasteiger partial charge < -0.3 is 0 Å². The minimum atomic E-state index is 0.972. The number of rotatable bonds is 20. The zero-order valence-corrected chi connectivity index (χ0v) is 22.5. The first-order valence-corrected chi connectivity index (χ1v) is 14.5. The maximum atomic E-state index is 4.03. The predicted octanol–water partition coefficient (Wildman–Crippen LogP) is 11.5. The van der Waals surface area contributed by atoms with Crippen LogP contribution in [0.15, 0.2) is 36.0 Å². The monoisotopic (exact) mass is 442 g/mol. The van der Waals surface area contributed by atoms with Crippen LogP contribution in [0.4, 0.5) is 0 Å². The van der Waals surface area contributed by atoms with E-state index >= 15 is 0 Å². The standard InChI is InChI=1S/C32H58/c1-28(2)20-13-9-6-7-11-15-23-31(24-16-12-8-10-14-21-29(3)4)25-19-27-32-26-18-17-22-30(32)5/h23,30,32H,1,3,6-22,24-27H2,2,4-5H3/t30-,32+/m1/s1. The SMILES string of the molecule is C=C(C)CCCCCCCC=C(CCCCCCCC(=C)C)CCC[C@@H]1CCCC[C@H]1C. The lowest BCUT2D eigenvalue weighted by Gasteiger charge is -2.28. The van der Waals surface area contributed by atoms with Crippen molar-refractivity contribution in [1.82, 2.24) is 0 Å². The van der Waals surface area contributed by atoms with Gasteiger partial charge in [-0.05, 0) is 96.3 Å². The topological polar surface area (TPSA) is 0 Å². The second kappa shape index (κ2) is 19.7. The van der Waals surface area contributed by atoms with E-state index in [0.29, 0.717) is 0 Å². The van der Waals surface area contributed by atoms with E-state index in [9.17, 15) is 0 Å². The van der Waals surface area contributed by atoms with Gasteiger partial charge in [-0.3, -0.25) is 0 Å². The second-order valence-electron chi connectivity index (χ2n) is 11.3. The van der Waals surface area contributed by atoms with Crippen molar-refractivity contribution in [3.63, 3.8) is 0 Å². The van der Waals surface area contributed by atoms with Gasteiger partial charge in [0.25, 0.3) is 0 Å². The molecule has 0 bridgehead atoms. The van der Waals surface area contributed by atoms with E-state index < -0.39 is 0 Å². The summed E-state index contributed by atoms with van der Waals surface area (Å²) in [6.45, 7) is 14.9. The molecule has 0 amide bonds. The zero-order chi connectivity index (χ0) is 23.4. The highest BCUT2D eigenvalue weighted by Gasteiger charge is 2.20. The van der Waals surface area contributed by atoms with Crippen molar-refractivity contribution in [1.29, 1.82) is 0 Å². The Morgan fingerprint density at radius 3 is 1.75 bits per heavy atom. The van der Waals surface area contributed by atoms with E-state index in [4.69, 9.17) is 0 Å². The van der Waals surface area contributed by atoms with Crippen LogP contribution in [-0.4, -0.2) is 0 Å². The van der Waals surface area contributed by atoms with Gasteiger partial charge in [0.1, 0.15) is 0 Å². The molecular weight excluding hydrogens is 384 g/mol. The molecule has 186 valence electrons. The van der Waals surface area contributed by atoms with Crippen LogP contribution in [0, 0.1) is 11.8 Å². The molecule has 0 nitrogen and oxygen atoms in total. The summed E-state index contributed by atoms with van der Waals surface area (Å²) in [5.74, 6) is 1.98. The molecule has 0 spiro atoms. The van der Waals surface area contributed by atoms with Gasteiger partial charge in [-0.15, -0.1) is 13.2 Å². The van der Waals surface area contributed by atoms with Crippen LogP contribution < -0.4 is 0 Å². The molecule has 0 saturated heterocycles. The number of hydrogen-bond acceptors (Lipinski definition) is 0. The molecule has 0 heterocycles. The van der Waals surface area contributed by atoms with E-state index in [1.807, 2.05) is 0 Å². The van der Waals surface area contributed by atoms with Crippen LogP contribution in [0.2, 0.25) is 0 Å². The average Bonchev–Trinajstić information content (AvgIpc) is 2.75. The van der Waals surface area contributed by atoms with Crippen molar-refractivity contribution in [2.75, 3.05) is 0 Å². The molecule has 0 radical (unpaired) electrons. The molecule has 0 N–H and O–H groups in total. The fourth-order valence-electron chi connectivity index (χ4n) is 5.46. The largest absolute Gasteiger partial charge is 0.100 e. The van der Waals surface area contributed by atoms with E-state index in [0.717, 1.165) is 11.8 Å². The Morgan fingerprint density at radius 2 is 1.16 bits per heavy atom. The van der Waals surface area contributed by atoms with Gasteiger partial charge in [0.05, 0.1) is 0 Å². The Balaban J connectivity index is 2.27. The van der Waals surface area contributed by atoms with Crippen molar-refractivity contribution in [2.45, 2.75) is 156 Å². The smallest absolute Gasteiger partial charge is 0.0320 e. The zero-order valence-electron chi connectivity index (χ0n) is 22.5. The third kappa shape index (κ3) is 16.8. The van der Waals surface area contributed by atoms with E-state index in [1.54, 1.807) is 5.57 Å². The summed E-state index contributed by atoms with van der Waals surface area (Å²) >= 11 is 0. The highest BCUT2D eigenvalue weighted by Crippen LogP contribution is 2.33. The molecule has 0 aliphatic heterocycles. The van der Waals surface area contributed by atoms with Gasteiger partial charge in [0.2, 0.25) is 0 Å². The maximum absolute atomic E-state index is 4.03. The fraction of sp³-hybridized carbons (Fsp3) is 0.812. The second-order valence-corrected chi connectivity index (χ2v) is 11.3. The molecule has 1 aliphatic rings. The summed E-state index contributed by atoms with van der Waals surface area (Å²) in [7, 11) is 0. The summed E-state index contributed by atoms with van der Waals surface area (Å²) < 4.78 is 0. The summed E-state index contributed by atoms with van der Waals surface area (Å²) in [6, 6.07) is 0. The van der Waals surface area contributed by atoms with E-state index in [1.165, 1.54) is 146 Å². The Bertz CT molecular complexity index is 508. The van der Waals surface area contributed by atoms with Crippen molar-refractivity contribution < 1.29 is 0 Å². The highest BCUT2D eigenvalue weighted by atomic mass is 14.3.